The highest BCUT2D eigenvalue weighted by molar-refractivity contribution is 5.80. The Balaban J connectivity index is 1.64. The number of piperidine rings is 1. The highest BCUT2D eigenvalue weighted by Crippen LogP contribution is 2.30. The molecule has 2 aromatic rings. The largest absolute Gasteiger partial charge is 0.358 e. The first-order valence-electron chi connectivity index (χ1n) is 8.23. The average molecular weight is 302 g/mol. The second kappa shape index (κ2) is 6.51. The Morgan fingerprint density at radius 3 is 2.82 bits per heavy atom. The van der Waals surface area contributed by atoms with E-state index in [1.807, 2.05) is 4.90 Å². The molecule has 4 heteroatoms. The van der Waals surface area contributed by atoms with E-state index in [0.29, 0.717) is 18.2 Å². The molecular weight excluding hydrogens is 279 g/mol. The lowest BCUT2D eigenvalue weighted by molar-refractivity contribution is -0.132. The Hall–Kier alpha value is -1.84. The van der Waals surface area contributed by atoms with Gasteiger partial charge in [-0.2, -0.15) is 0 Å². The van der Waals surface area contributed by atoms with Crippen LogP contribution in [0.15, 0.2) is 24.3 Å². The van der Waals surface area contributed by atoms with E-state index in [-0.39, 0.29) is 5.82 Å². The number of carbonyl (C=O) groups excluding carboxylic acids is 1. The third-order valence-electron chi connectivity index (χ3n) is 4.64. The molecule has 1 aliphatic rings. The SMILES string of the molecule is CCCCC(=O)N1CCC(c2cc3cc(F)ccc3[nH]2)CC1. The summed E-state index contributed by atoms with van der Waals surface area (Å²) in [5, 5.41) is 0.927. The van der Waals surface area contributed by atoms with E-state index in [1.165, 1.54) is 11.8 Å². The van der Waals surface area contributed by atoms with Gasteiger partial charge < -0.3 is 9.88 Å². The maximum absolute atomic E-state index is 13.3. The number of benzene rings is 1. The minimum atomic E-state index is -0.200. The Morgan fingerprint density at radius 1 is 1.32 bits per heavy atom. The zero-order valence-corrected chi connectivity index (χ0v) is 13.1. The first kappa shape index (κ1) is 15.1. The number of likely N-dealkylation sites (tertiary alicyclic amines) is 1. The fourth-order valence-corrected chi connectivity index (χ4v) is 3.27. The number of amides is 1. The van der Waals surface area contributed by atoms with Gasteiger partial charge in [-0.15, -0.1) is 0 Å². The van der Waals surface area contributed by atoms with Crippen molar-refractivity contribution in [3.05, 3.63) is 35.8 Å². The zero-order valence-electron chi connectivity index (χ0n) is 13.1. The first-order valence-corrected chi connectivity index (χ1v) is 8.23. The lowest BCUT2D eigenvalue weighted by atomic mass is 9.93. The summed E-state index contributed by atoms with van der Waals surface area (Å²) in [5.74, 6) is 0.527. The number of carbonyl (C=O) groups is 1. The van der Waals surface area contributed by atoms with Crippen LogP contribution < -0.4 is 0 Å². The predicted octanol–water partition coefficient (Wildman–Crippen LogP) is 4.20. The van der Waals surface area contributed by atoms with Gasteiger partial charge in [0.15, 0.2) is 0 Å². The average Bonchev–Trinajstić information content (AvgIpc) is 2.95. The van der Waals surface area contributed by atoms with E-state index in [1.54, 1.807) is 12.1 Å². The number of halogens is 1. The molecule has 1 fully saturated rings. The van der Waals surface area contributed by atoms with E-state index >= 15 is 0 Å². The van der Waals surface area contributed by atoms with Crippen molar-refractivity contribution in [1.29, 1.82) is 0 Å². The minimum absolute atomic E-state index is 0.200. The van der Waals surface area contributed by atoms with Gasteiger partial charge in [0.2, 0.25) is 5.91 Å². The second-order valence-electron chi connectivity index (χ2n) is 6.21. The van der Waals surface area contributed by atoms with Crippen molar-refractivity contribution in [2.24, 2.45) is 0 Å². The molecule has 0 aliphatic carbocycles. The Bertz CT molecular complexity index is 656. The number of nitrogens with zero attached hydrogens (tertiary/aromatic N) is 1. The molecule has 22 heavy (non-hydrogen) atoms. The molecular formula is C18H23FN2O. The monoisotopic (exact) mass is 302 g/mol. The molecule has 0 unspecified atom stereocenters. The topological polar surface area (TPSA) is 36.1 Å². The van der Waals surface area contributed by atoms with Crippen LogP contribution in [0.3, 0.4) is 0 Å². The first-order chi connectivity index (χ1) is 10.7. The molecule has 1 saturated heterocycles. The lowest BCUT2D eigenvalue weighted by Crippen LogP contribution is -2.37. The highest BCUT2D eigenvalue weighted by Gasteiger charge is 2.24. The van der Waals surface area contributed by atoms with Gasteiger partial charge in [0.1, 0.15) is 5.82 Å². The van der Waals surface area contributed by atoms with Crippen molar-refractivity contribution in [2.45, 2.75) is 44.9 Å². The Labute approximate surface area is 130 Å². The summed E-state index contributed by atoms with van der Waals surface area (Å²) >= 11 is 0. The van der Waals surface area contributed by atoms with Gasteiger partial charge in [-0.25, -0.2) is 4.39 Å². The summed E-state index contributed by atoms with van der Waals surface area (Å²) in [4.78, 5) is 17.5. The van der Waals surface area contributed by atoms with E-state index < -0.39 is 0 Å². The molecule has 0 radical (unpaired) electrons. The lowest BCUT2D eigenvalue weighted by Gasteiger charge is -2.31. The molecule has 3 rings (SSSR count). The molecule has 0 spiro atoms. The summed E-state index contributed by atoms with van der Waals surface area (Å²) < 4.78 is 13.3. The molecule has 118 valence electrons. The van der Waals surface area contributed by atoms with Crippen LogP contribution in [0.4, 0.5) is 4.39 Å². The second-order valence-corrected chi connectivity index (χ2v) is 6.21. The number of fused-ring (bicyclic) bond motifs is 1. The molecule has 1 N–H and O–H groups in total. The number of rotatable bonds is 4. The summed E-state index contributed by atoms with van der Waals surface area (Å²) in [6.07, 6.45) is 4.67. The van der Waals surface area contributed by atoms with Gasteiger partial charge in [0.05, 0.1) is 0 Å². The quantitative estimate of drug-likeness (QED) is 0.902. The van der Waals surface area contributed by atoms with Crippen molar-refractivity contribution in [1.82, 2.24) is 9.88 Å². The van der Waals surface area contributed by atoms with Crippen LogP contribution in [0.25, 0.3) is 10.9 Å². The summed E-state index contributed by atoms with van der Waals surface area (Å²) in [6.45, 7) is 3.77. The van der Waals surface area contributed by atoms with Crippen molar-refractivity contribution >= 4 is 16.8 Å². The fraction of sp³-hybridized carbons (Fsp3) is 0.500. The third-order valence-corrected chi connectivity index (χ3v) is 4.64. The van der Waals surface area contributed by atoms with Gasteiger partial charge in [-0.05, 0) is 43.5 Å². The standard InChI is InChI=1S/C18H23FN2O/c1-2-3-4-18(22)21-9-7-13(8-10-21)17-12-14-11-15(19)5-6-16(14)20-17/h5-6,11-13,20H,2-4,7-10H2,1H3. The van der Waals surface area contributed by atoms with Gasteiger partial charge in [0.25, 0.3) is 0 Å². The molecule has 1 amide bonds. The number of aromatic nitrogens is 1. The molecule has 0 saturated carbocycles. The highest BCUT2D eigenvalue weighted by atomic mass is 19.1. The number of nitrogens with one attached hydrogen (secondary N) is 1. The van der Waals surface area contributed by atoms with Crippen LogP contribution >= 0.6 is 0 Å². The van der Waals surface area contributed by atoms with Crippen LogP contribution in [0.1, 0.15) is 50.6 Å². The van der Waals surface area contributed by atoms with E-state index in [0.717, 1.165) is 49.7 Å². The van der Waals surface area contributed by atoms with Crippen LogP contribution in [0.2, 0.25) is 0 Å². The number of aromatic amines is 1. The van der Waals surface area contributed by atoms with Gasteiger partial charge in [0, 0.05) is 42.0 Å². The molecule has 1 aromatic heterocycles. The number of hydrogen-bond donors (Lipinski definition) is 1. The molecule has 0 atom stereocenters. The van der Waals surface area contributed by atoms with E-state index in [9.17, 15) is 9.18 Å². The maximum Gasteiger partial charge on any atom is 0.222 e. The smallest absolute Gasteiger partial charge is 0.222 e. The van der Waals surface area contributed by atoms with Gasteiger partial charge in [-0.3, -0.25) is 4.79 Å². The summed E-state index contributed by atoms with van der Waals surface area (Å²) in [7, 11) is 0. The van der Waals surface area contributed by atoms with Crippen LogP contribution in [-0.4, -0.2) is 28.9 Å². The molecule has 3 nitrogen and oxygen atoms in total. The number of hydrogen-bond acceptors (Lipinski definition) is 1. The molecule has 1 aromatic carbocycles. The van der Waals surface area contributed by atoms with Crippen molar-refractivity contribution in [3.8, 4) is 0 Å². The molecule has 2 heterocycles. The molecule has 0 bridgehead atoms. The van der Waals surface area contributed by atoms with Crippen molar-refractivity contribution in [2.75, 3.05) is 13.1 Å². The van der Waals surface area contributed by atoms with Gasteiger partial charge >= 0.3 is 0 Å². The summed E-state index contributed by atoms with van der Waals surface area (Å²) in [6, 6.07) is 6.89. The Kier molecular flexibility index (Phi) is 4.46. The number of H-pyrrole nitrogens is 1. The summed E-state index contributed by atoms with van der Waals surface area (Å²) in [5.41, 5.74) is 2.15. The van der Waals surface area contributed by atoms with E-state index in [2.05, 4.69) is 18.0 Å². The fourth-order valence-electron chi connectivity index (χ4n) is 3.27. The third kappa shape index (κ3) is 3.16. The zero-order chi connectivity index (χ0) is 15.5. The van der Waals surface area contributed by atoms with Crippen molar-refractivity contribution in [3.63, 3.8) is 0 Å². The normalized spacial score (nSPS) is 16.4. The van der Waals surface area contributed by atoms with Crippen LogP contribution in [-0.2, 0) is 4.79 Å². The minimum Gasteiger partial charge on any atom is -0.358 e. The Morgan fingerprint density at radius 2 is 2.09 bits per heavy atom. The maximum atomic E-state index is 13.3. The molecule has 1 aliphatic heterocycles. The van der Waals surface area contributed by atoms with Crippen LogP contribution in [0.5, 0.6) is 0 Å². The van der Waals surface area contributed by atoms with E-state index in [4.69, 9.17) is 0 Å². The van der Waals surface area contributed by atoms with Crippen LogP contribution in [0, 0.1) is 5.82 Å². The number of unbranched alkanes of at least 4 members (excludes halogenated alkanes) is 1. The van der Waals surface area contributed by atoms with Crippen molar-refractivity contribution < 1.29 is 9.18 Å². The predicted molar refractivity (Wildman–Crippen MR) is 86.3 cm³/mol. The van der Waals surface area contributed by atoms with Gasteiger partial charge in [-0.1, -0.05) is 13.3 Å².